The van der Waals surface area contributed by atoms with Gasteiger partial charge in [0.05, 0.1) is 11.7 Å². The van der Waals surface area contributed by atoms with Crippen LogP contribution in [0.3, 0.4) is 0 Å². The fourth-order valence-electron chi connectivity index (χ4n) is 1.78. The normalized spacial score (nSPS) is 12.7. The van der Waals surface area contributed by atoms with Crippen LogP contribution in [-0.4, -0.2) is 9.78 Å². The molecule has 0 saturated carbocycles. The first kappa shape index (κ1) is 12.6. The molecule has 0 fully saturated rings. The summed E-state index contributed by atoms with van der Waals surface area (Å²) in [4.78, 5) is 0. The van der Waals surface area contributed by atoms with Gasteiger partial charge in [-0.05, 0) is 36.8 Å². The molecule has 1 atom stereocenters. The molecule has 90 valence electrons. The molecule has 3 nitrogen and oxygen atoms in total. The van der Waals surface area contributed by atoms with E-state index in [9.17, 15) is 0 Å². The third-order valence-electron chi connectivity index (χ3n) is 2.66. The first-order chi connectivity index (χ1) is 8.13. The number of aromatic nitrogens is 2. The van der Waals surface area contributed by atoms with Crippen LogP contribution in [-0.2, 0) is 6.54 Å². The summed E-state index contributed by atoms with van der Waals surface area (Å²) < 4.78 is 2.84. The Hall–Kier alpha value is -0.840. The van der Waals surface area contributed by atoms with Crippen molar-refractivity contribution in [2.75, 3.05) is 0 Å². The van der Waals surface area contributed by atoms with Crippen molar-refractivity contribution in [3.05, 3.63) is 51.2 Å². The molecule has 1 aromatic carbocycles. The number of hydrogen-bond acceptors (Lipinski definition) is 2. The van der Waals surface area contributed by atoms with Crippen molar-refractivity contribution in [3.8, 4) is 0 Å². The van der Waals surface area contributed by atoms with Crippen LogP contribution in [0.4, 0.5) is 0 Å². The van der Waals surface area contributed by atoms with Crippen molar-refractivity contribution >= 4 is 27.5 Å². The quantitative estimate of drug-likeness (QED) is 0.944. The minimum absolute atomic E-state index is 0.231. The second kappa shape index (κ2) is 5.21. The molecule has 1 aromatic heterocycles. The Kier molecular flexibility index (Phi) is 3.86. The highest BCUT2D eigenvalue weighted by Crippen LogP contribution is 2.29. The number of hydrogen-bond donors (Lipinski definition) is 1. The van der Waals surface area contributed by atoms with Gasteiger partial charge in [-0.25, -0.2) is 0 Å². The van der Waals surface area contributed by atoms with Crippen molar-refractivity contribution < 1.29 is 0 Å². The molecule has 0 spiro atoms. The average molecular weight is 315 g/mol. The number of rotatable bonds is 3. The van der Waals surface area contributed by atoms with E-state index in [1.165, 1.54) is 0 Å². The summed E-state index contributed by atoms with van der Waals surface area (Å²) in [5.74, 6) is 0. The highest BCUT2D eigenvalue weighted by molar-refractivity contribution is 9.10. The molecule has 0 aliphatic carbocycles. The topological polar surface area (TPSA) is 43.8 Å². The molecule has 0 amide bonds. The predicted octanol–water partition coefficient (Wildman–Crippen LogP) is 3.37. The predicted molar refractivity (Wildman–Crippen MR) is 73.1 cm³/mol. The lowest BCUT2D eigenvalue weighted by atomic mass is 10.0. The average Bonchev–Trinajstić information content (AvgIpc) is 2.79. The molecule has 17 heavy (non-hydrogen) atoms. The van der Waals surface area contributed by atoms with Gasteiger partial charge >= 0.3 is 0 Å². The largest absolute Gasteiger partial charge is 0.319 e. The molecular weight excluding hydrogens is 302 g/mol. The monoisotopic (exact) mass is 313 g/mol. The van der Waals surface area contributed by atoms with E-state index in [1.807, 2.05) is 35.9 Å². The van der Waals surface area contributed by atoms with Crippen molar-refractivity contribution in [2.45, 2.75) is 19.5 Å². The molecule has 0 aliphatic rings. The van der Waals surface area contributed by atoms with Gasteiger partial charge in [0.15, 0.2) is 0 Å². The van der Waals surface area contributed by atoms with Crippen LogP contribution in [0.15, 0.2) is 34.9 Å². The lowest BCUT2D eigenvalue weighted by molar-refractivity contribution is 0.600. The second-order valence-corrected chi connectivity index (χ2v) is 5.01. The number of aryl methyl sites for hydroxylation is 1. The Labute approximate surface area is 114 Å². The van der Waals surface area contributed by atoms with Gasteiger partial charge < -0.3 is 5.73 Å². The van der Waals surface area contributed by atoms with Gasteiger partial charge in [0.2, 0.25) is 0 Å². The molecule has 5 heteroatoms. The van der Waals surface area contributed by atoms with E-state index in [1.54, 1.807) is 6.20 Å². The van der Waals surface area contributed by atoms with Crippen LogP contribution < -0.4 is 5.73 Å². The van der Waals surface area contributed by atoms with Gasteiger partial charge in [-0.2, -0.15) is 5.10 Å². The standard InChI is InChI=1S/C12H13BrClN3/c1-2-17-11(5-6-16-17)12(15)9-7-8(14)3-4-10(9)13/h3-7,12H,2,15H2,1H3. The smallest absolute Gasteiger partial charge is 0.0734 e. The van der Waals surface area contributed by atoms with E-state index in [-0.39, 0.29) is 6.04 Å². The summed E-state index contributed by atoms with van der Waals surface area (Å²) in [6.45, 7) is 2.84. The van der Waals surface area contributed by atoms with Crippen LogP contribution in [0, 0.1) is 0 Å². The molecule has 1 unspecified atom stereocenters. The van der Waals surface area contributed by atoms with Crippen LogP contribution >= 0.6 is 27.5 Å². The Morgan fingerprint density at radius 2 is 2.24 bits per heavy atom. The van der Waals surface area contributed by atoms with Crippen molar-refractivity contribution in [3.63, 3.8) is 0 Å². The van der Waals surface area contributed by atoms with Gasteiger partial charge in [-0.1, -0.05) is 27.5 Å². The fourth-order valence-corrected chi connectivity index (χ4v) is 2.46. The minimum atomic E-state index is -0.231. The van der Waals surface area contributed by atoms with Crippen molar-refractivity contribution in [1.82, 2.24) is 9.78 Å². The summed E-state index contributed by atoms with van der Waals surface area (Å²) in [7, 11) is 0. The third kappa shape index (κ3) is 2.54. The van der Waals surface area contributed by atoms with Gasteiger partial charge in [0.1, 0.15) is 0 Å². The minimum Gasteiger partial charge on any atom is -0.319 e. The molecule has 0 radical (unpaired) electrons. The third-order valence-corrected chi connectivity index (χ3v) is 3.62. The molecular formula is C12H13BrClN3. The van der Waals surface area contributed by atoms with Gasteiger partial charge in [0.25, 0.3) is 0 Å². The first-order valence-corrected chi connectivity index (χ1v) is 6.52. The maximum atomic E-state index is 6.26. The van der Waals surface area contributed by atoms with E-state index >= 15 is 0 Å². The van der Waals surface area contributed by atoms with Crippen LogP contribution in [0.1, 0.15) is 24.2 Å². The van der Waals surface area contributed by atoms with Crippen molar-refractivity contribution in [1.29, 1.82) is 0 Å². The summed E-state index contributed by atoms with van der Waals surface area (Å²) in [5, 5.41) is 4.90. The lowest BCUT2D eigenvalue weighted by Crippen LogP contribution is -2.17. The number of nitrogens with zero attached hydrogens (tertiary/aromatic N) is 2. The SMILES string of the molecule is CCn1nccc1C(N)c1cc(Cl)ccc1Br. The van der Waals surface area contributed by atoms with Gasteiger partial charge in [0, 0.05) is 22.2 Å². The maximum absolute atomic E-state index is 6.26. The zero-order chi connectivity index (χ0) is 12.4. The zero-order valence-electron chi connectivity index (χ0n) is 9.40. The number of benzene rings is 1. The molecule has 2 aromatic rings. The highest BCUT2D eigenvalue weighted by atomic mass is 79.9. The summed E-state index contributed by atoms with van der Waals surface area (Å²) >= 11 is 9.49. The van der Waals surface area contributed by atoms with Gasteiger partial charge in [-0.15, -0.1) is 0 Å². The van der Waals surface area contributed by atoms with Gasteiger partial charge in [-0.3, -0.25) is 4.68 Å². The van der Waals surface area contributed by atoms with Crippen molar-refractivity contribution in [2.24, 2.45) is 5.73 Å². The molecule has 0 aliphatic heterocycles. The number of halogens is 2. The molecule has 0 saturated heterocycles. The van der Waals surface area contributed by atoms with Crippen LogP contribution in [0.25, 0.3) is 0 Å². The summed E-state index contributed by atoms with van der Waals surface area (Å²) in [6, 6.07) is 7.32. The summed E-state index contributed by atoms with van der Waals surface area (Å²) in [5.41, 5.74) is 8.20. The van der Waals surface area contributed by atoms with Crippen LogP contribution in [0.2, 0.25) is 5.02 Å². The van der Waals surface area contributed by atoms with E-state index in [0.29, 0.717) is 5.02 Å². The van der Waals surface area contributed by atoms with E-state index in [4.69, 9.17) is 17.3 Å². The summed E-state index contributed by atoms with van der Waals surface area (Å²) in [6.07, 6.45) is 1.76. The maximum Gasteiger partial charge on any atom is 0.0734 e. The van der Waals surface area contributed by atoms with Crippen LogP contribution in [0.5, 0.6) is 0 Å². The molecule has 1 heterocycles. The Morgan fingerprint density at radius 3 is 2.94 bits per heavy atom. The van der Waals surface area contributed by atoms with E-state index in [0.717, 1.165) is 22.3 Å². The second-order valence-electron chi connectivity index (χ2n) is 3.72. The lowest BCUT2D eigenvalue weighted by Gasteiger charge is -2.15. The molecule has 2 rings (SSSR count). The van der Waals surface area contributed by atoms with E-state index < -0.39 is 0 Å². The Balaban J connectivity index is 2.43. The molecule has 2 N–H and O–H groups in total. The van der Waals surface area contributed by atoms with E-state index in [2.05, 4.69) is 21.0 Å². The zero-order valence-corrected chi connectivity index (χ0v) is 11.7. The molecule has 0 bridgehead atoms. The fraction of sp³-hybridized carbons (Fsp3) is 0.250. The number of nitrogens with two attached hydrogens (primary N) is 1. The Bertz CT molecular complexity index is 524. The first-order valence-electron chi connectivity index (χ1n) is 5.35. The highest BCUT2D eigenvalue weighted by Gasteiger charge is 2.16. The Morgan fingerprint density at radius 1 is 1.47 bits per heavy atom.